The van der Waals surface area contributed by atoms with Crippen LogP contribution in [0.25, 0.3) is 0 Å². The summed E-state index contributed by atoms with van der Waals surface area (Å²) in [5.74, 6) is 0.688. The highest BCUT2D eigenvalue weighted by Crippen LogP contribution is 2.27. The molecular formula is C11H15BrN2O3. The molecular weight excluding hydrogens is 288 g/mol. The predicted molar refractivity (Wildman–Crippen MR) is 68.2 cm³/mol. The molecule has 5 nitrogen and oxygen atoms in total. The molecule has 94 valence electrons. The van der Waals surface area contributed by atoms with Crippen LogP contribution in [-0.4, -0.2) is 16.5 Å². The lowest BCUT2D eigenvalue weighted by Crippen LogP contribution is -2.03. The summed E-state index contributed by atoms with van der Waals surface area (Å²) in [4.78, 5) is 14.2. The summed E-state index contributed by atoms with van der Waals surface area (Å²) in [6.45, 7) is 4.70. The summed E-state index contributed by atoms with van der Waals surface area (Å²) in [6.07, 6.45) is 3.39. The van der Waals surface area contributed by atoms with Gasteiger partial charge in [0.15, 0.2) is 0 Å². The van der Waals surface area contributed by atoms with Gasteiger partial charge >= 0.3 is 5.69 Å². The smallest absolute Gasteiger partial charge is 0.332 e. The molecule has 0 bridgehead atoms. The van der Waals surface area contributed by atoms with E-state index in [1.165, 1.54) is 12.3 Å². The van der Waals surface area contributed by atoms with Crippen LogP contribution in [0.4, 0.5) is 5.69 Å². The van der Waals surface area contributed by atoms with Crippen LogP contribution >= 0.6 is 15.9 Å². The Morgan fingerprint density at radius 3 is 2.88 bits per heavy atom. The van der Waals surface area contributed by atoms with Crippen molar-refractivity contribution in [3.63, 3.8) is 0 Å². The zero-order valence-corrected chi connectivity index (χ0v) is 11.4. The number of pyridine rings is 1. The summed E-state index contributed by atoms with van der Waals surface area (Å²) < 4.78 is 5.90. The minimum absolute atomic E-state index is 0.0851. The van der Waals surface area contributed by atoms with Crippen LogP contribution in [0.2, 0.25) is 0 Å². The Kier molecular flexibility index (Phi) is 5.34. The van der Waals surface area contributed by atoms with Crippen molar-refractivity contribution in [2.75, 3.05) is 6.61 Å². The second-order valence-corrected chi connectivity index (χ2v) is 5.04. The second kappa shape index (κ2) is 6.54. The number of rotatable bonds is 6. The molecule has 0 aliphatic heterocycles. The van der Waals surface area contributed by atoms with E-state index < -0.39 is 4.92 Å². The van der Waals surface area contributed by atoms with Gasteiger partial charge in [-0.25, -0.2) is 4.98 Å². The van der Waals surface area contributed by atoms with Gasteiger partial charge in [-0.3, -0.25) is 10.1 Å². The minimum Gasteiger partial charge on any atom is -0.473 e. The van der Waals surface area contributed by atoms with E-state index in [2.05, 4.69) is 34.8 Å². The van der Waals surface area contributed by atoms with Gasteiger partial charge in [0.1, 0.15) is 0 Å². The van der Waals surface area contributed by atoms with Crippen molar-refractivity contribution in [3.05, 3.63) is 26.9 Å². The van der Waals surface area contributed by atoms with Crippen molar-refractivity contribution < 1.29 is 9.66 Å². The molecule has 0 aliphatic carbocycles. The monoisotopic (exact) mass is 302 g/mol. The first-order valence-corrected chi connectivity index (χ1v) is 6.22. The Bertz CT molecular complexity index is 396. The number of ether oxygens (including phenoxy) is 1. The first-order valence-electron chi connectivity index (χ1n) is 5.43. The topological polar surface area (TPSA) is 65.3 Å². The Morgan fingerprint density at radius 1 is 1.59 bits per heavy atom. The summed E-state index contributed by atoms with van der Waals surface area (Å²) in [5, 5.41) is 10.8. The van der Waals surface area contributed by atoms with Crippen LogP contribution in [0.1, 0.15) is 26.7 Å². The van der Waals surface area contributed by atoms with Crippen LogP contribution in [0.5, 0.6) is 5.88 Å². The van der Waals surface area contributed by atoms with E-state index in [1.807, 2.05) is 0 Å². The van der Waals surface area contributed by atoms with Crippen LogP contribution in [0.3, 0.4) is 0 Å². The Morgan fingerprint density at radius 2 is 2.29 bits per heavy atom. The third-order valence-corrected chi connectivity index (χ3v) is 2.59. The molecule has 0 atom stereocenters. The number of hydrogen-bond donors (Lipinski definition) is 0. The zero-order valence-electron chi connectivity index (χ0n) is 9.85. The predicted octanol–water partition coefficient (Wildman–Crippen LogP) is 3.57. The molecule has 1 heterocycles. The van der Waals surface area contributed by atoms with E-state index in [0.29, 0.717) is 17.0 Å². The molecule has 0 aromatic carbocycles. The van der Waals surface area contributed by atoms with Crippen molar-refractivity contribution in [2.24, 2.45) is 5.92 Å². The maximum absolute atomic E-state index is 10.8. The van der Waals surface area contributed by atoms with Gasteiger partial charge in [0, 0.05) is 16.7 Å². The normalized spacial score (nSPS) is 10.6. The lowest BCUT2D eigenvalue weighted by Gasteiger charge is -2.07. The first-order chi connectivity index (χ1) is 8.00. The van der Waals surface area contributed by atoms with Gasteiger partial charge in [0.2, 0.25) is 0 Å². The fourth-order valence-electron chi connectivity index (χ4n) is 1.32. The van der Waals surface area contributed by atoms with Gasteiger partial charge in [-0.05, 0) is 34.7 Å². The third kappa shape index (κ3) is 4.68. The van der Waals surface area contributed by atoms with Crippen molar-refractivity contribution >= 4 is 21.6 Å². The van der Waals surface area contributed by atoms with Crippen LogP contribution in [-0.2, 0) is 0 Å². The van der Waals surface area contributed by atoms with Gasteiger partial charge in [-0.2, -0.15) is 0 Å². The molecule has 0 spiro atoms. The molecule has 0 N–H and O–H groups in total. The largest absolute Gasteiger partial charge is 0.473 e. The Labute approximate surface area is 108 Å². The average Bonchev–Trinajstić information content (AvgIpc) is 2.25. The SMILES string of the molecule is CC(C)CCCOc1ncc(Br)cc1[N+](=O)[O-]. The molecule has 0 saturated heterocycles. The molecule has 17 heavy (non-hydrogen) atoms. The zero-order chi connectivity index (χ0) is 12.8. The highest BCUT2D eigenvalue weighted by molar-refractivity contribution is 9.10. The summed E-state index contributed by atoms with van der Waals surface area (Å²) in [7, 11) is 0. The second-order valence-electron chi connectivity index (χ2n) is 4.12. The van der Waals surface area contributed by atoms with E-state index >= 15 is 0 Å². The molecule has 1 aromatic heterocycles. The van der Waals surface area contributed by atoms with Gasteiger partial charge in [-0.15, -0.1) is 0 Å². The number of aromatic nitrogens is 1. The lowest BCUT2D eigenvalue weighted by molar-refractivity contribution is -0.386. The van der Waals surface area contributed by atoms with Crippen molar-refractivity contribution in [2.45, 2.75) is 26.7 Å². The molecule has 0 fully saturated rings. The molecule has 0 saturated carbocycles. The third-order valence-electron chi connectivity index (χ3n) is 2.16. The van der Waals surface area contributed by atoms with Gasteiger partial charge < -0.3 is 4.74 Å². The van der Waals surface area contributed by atoms with Crippen molar-refractivity contribution in [3.8, 4) is 5.88 Å². The van der Waals surface area contributed by atoms with Gasteiger partial charge in [0.05, 0.1) is 11.5 Å². The molecule has 0 amide bonds. The molecule has 0 aliphatic rings. The maximum atomic E-state index is 10.8. The van der Waals surface area contributed by atoms with Gasteiger partial charge in [0.25, 0.3) is 5.88 Å². The van der Waals surface area contributed by atoms with Crippen molar-refractivity contribution in [1.29, 1.82) is 0 Å². The highest BCUT2D eigenvalue weighted by Gasteiger charge is 2.17. The quantitative estimate of drug-likeness (QED) is 0.458. The van der Waals surface area contributed by atoms with E-state index in [0.717, 1.165) is 12.8 Å². The molecule has 1 rings (SSSR count). The fraction of sp³-hybridized carbons (Fsp3) is 0.545. The number of nitro groups is 1. The van der Waals surface area contributed by atoms with Crippen LogP contribution in [0, 0.1) is 16.0 Å². The summed E-state index contributed by atoms with van der Waals surface area (Å²) in [5.41, 5.74) is -0.107. The molecule has 0 radical (unpaired) electrons. The Hall–Kier alpha value is -1.17. The number of hydrogen-bond acceptors (Lipinski definition) is 4. The van der Waals surface area contributed by atoms with E-state index in [4.69, 9.17) is 4.74 Å². The van der Waals surface area contributed by atoms with Gasteiger partial charge in [-0.1, -0.05) is 13.8 Å². The number of nitrogens with zero attached hydrogens (tertiary/aromatic N) is 2. The van der Waals surface area contributed by atoms with E-state index in [-0.39, 0.29) is 11.6 Å². The molecule has 0 unspecified atom stereocenters. The highest BCUT2D eigenvalue weighted by atomic mass is 79.9. The van der Waals surface area contributed by atoms with Crippen LogP contribution in [0.15, 0.2) is 16.7 Å². The van der Waals surface area contributed by atoms with E-state index in [1.54, 1.807) is 0 Å². The maximum Gasteiger partial charge on any atom is 0.332 e. The fourth-order valence-corrected chi connectivity index (χ4v) is 1.64. The minimum atomic E-state index is -0.491. The summed E-state index contributed by atoms with van der Waals surface area (Å²) in [6, 6.07) is 1.39. The summed E-state index contributed by atoms with van der Waals surface area (Å²) >= 11 is 3.14. The average molecular weight is 303 g/mol. The number of halogens is 1. The Balaban J connectivity index is 2.61. The lowest BCUT2D eigenvalue weighted by atomic mass is 10.1. The van der Waals surface area contributed by atoms with E-state index in [9.17, 15) is 10.1 Å². The standard InChI is InChI=1S/C11H15BrN2O3/c1-8(2)4-3-5-17-11-10(14(15)16)6-9(12)7-13-11/h6-8H,3-5H2,1-2H3. The molecule has 6 heteroatoms. The molecule has 1 aromatic rings. The first kappa shape index (κ1) is 13.9. The van der Waals surface area contributed by atoms with Crippen LogP contribution < -0.4 is 4.74 Å². The van der Waals surface area contributed by atoms with Crippen molar-refractivity contribution in [1.82, 2.24) is 4.98 Å².